The van der Waals surface area contributed by atoms with Crippen molar-refractivity contribution in [1.29, 1.82) is 0 Å². The Morgan fingerprint density at radius 1 is 0.909 bits per heavy atom. The summed E-state index contributed by atoms with van der Waals surface area (Å²) in [7, 11) is 0. The van der Waals surface area contributed by atoms with Crippen molar-refractivity contribution < 1.29 is 0 Å². The second kappa shape index (κ2) is 8.28. The lowest BCUT2D eigenvalue weighted by Gasteiger charge is -2.06. The molecule has 0 aliphatic heterocycles. The van der Waals surface area contributed by atoms with Crippen molar-refractivity contribution >= 4 is 12.2 Å². The second-order valence-corrected chi connectivity index (χ2v) is 6.01. The van der Waals surface area contributed by atoms with Crippen molar-refractivity contribution in [3.8, 4) is 0 Å². The smallest absolute Gasteiger partial charge is 0.0409 e. The minimum absolute atomic E-state index is 0.456. The van der Waals surface area contributed by atoms with Gasteiger partial charge in [-0.2, -0.15) is 0 Å². The molecule has 2 aromatic rings. The molecule has 0 saturated carbocycles. The third-order valence-electron chi connectivity index (χ3n) is 3.38. The molecular weight excluding hydrogens is 268 g/mol. The summed E-state index contributed by atoms with van der Waals surface area (Å²) in [6.07, 6.45) is 15.2. The molecule has 2 heteroatoms. The fourth-order valence-electron chi connectivity index (χ4n) is 2.11. The van der Waals surface area contributed by atoms with Crippen LogP contribution in [0, 0.1) is 11.8 Å². The molecule has 0 saturated heterocycles. The van der Waals surface area contributed by atoms with E-state index in [4.69, 9.17) is 0 Å². The molecule has 2 rings (SSSR count). The van der Waals surface area contributed by atoms with Crippen LogP contribution in [0.3, 0.4) is 0 Å². The minimum Gasteiger partial charge on any atom is -0.265 e. The maximum Gasteiger partial charge on any atom is 0.0409 e. The van der Waals surface area contributed by atoms with Gasteiger partial charge < -0.3 is 0 Å². The summed E-state index contributed by atoms with van der Waals surface area (Å²) in [5.74, 6) is 1.02. The number of rotatable bonds is 6. The third-order valence-corrected chi connectivity index (χ3v) is 3.38. The van der Waals surface area contributed by atoms with E-state index in [0.717, 1.165) is 17.7 Å². The van der Waals surface area contributed by atoms with Crippen LogP contribution in [0.4, 0.5) is 0 Å². The van der Waals surface area contributed by atoms with Gasteiger partial charge in [0.1, 0.15) is 0 Å². The van der Waals surface area contributed by atoms with E-state index >= 15 is 0 Å². The first kappa shape index (κ1) is 16.2. The highest BCUT2D eigenvalue weighted by molar-refractivity contribution is 5.49. The predicted molar refractivity (Wildman–Crippen MR) is 94.2 cm³/mol. The van der Waals surface area contributed by atoms with E-state index in [9.17, 15) is 0 Å². The lowest BCUT2D eigenvalue weighted by molar-refractivity contribution is 0.710. The minimum atomic E-state index is 0.456. The van der Waals surface area contributed by atoms with Crippen molar-refractivity contribution in [3.05, 3.63) is 71.8 Å². The molecule has 2 nitrogen and oxygen atoms in total. The van der Waals surface area contributed by atoms with E-state index < -0.39 is 0 Å². The SMILES string of the molecule is CC(C)/C=C\c1ccc(CC(C)/C=C\c2ccncc2)nc1. The first-order valence-corrected chi connectivity index (χ1v) is 7.85. The summed E-state index contributed by atoms with van der Waals surface area (Å²) < 4.78 is 0. The monoisotopic (exact) mass is 292 g/mol. The molecule has 114 valence electrons. The molecule has 1 unspecified atom stereocenters. The van der Waals surface area contributed by atoms with E-state index in [1.807, 2.05) is 30.7 Å². The zero-order chi connectivity index (χ0) is 15.8. The number of hydrogen-bond donors (Lipinski definition) is 0. The van der Waals surface area contributed by atoms with Crippen LogP contribution in [0.2, 0.25) is 0 Å². The van der Waals surface area contributed by atoms with Gasteiger partial charge in [-0.25, -0.2) is 0 Å². The highest BCUT2D eigenvalue weighted by atomic mass is 14.7. The van der Waals surface area contributed by atoms with Crippen molar-refractivity contribution in [3.63, 3.8) is 0 Å². The van der Waals surface area contributed by atoms with Gasteiger partial charge in [0, 0.05) is 24.3 Å². The van der Waals surface area contributed by atoms with Crippen LogP contribution in [0.1, 0.15) is 37.6 Å². The van der Waals surface area contributed by atoms with Crippen molar-refractivity contribution in [1.82, 2.24) is 9.97 Å². The Kier molecular flexibility index (Phi) is 6.08. The molecule has 2 heterocycles. The van der Waals surface area contributed by atoms with Gasteiger partial charge in [-0.05, 0) is 47.6 Å². The topological polar surface area (TPSA) is 25.8 Å². The lowest BCUT2D eigenvalue weighted by Crippen LogP contribution is -1.98. The van der Waals surface area contributed by atoms with Gasteiger partial charge in [0.25, 0.3) is 0 Å². The van der Waals surface area contributed by atoms with Crippen LogP contribution in [0.15, 0.2) is 55.0 Å². The molecule has 2 aromatic heterocycles. The molecule has 0 spiro atoms. The molecule has 0 fully saturated rings. The molecule has 0 aliphatic rings. The van der Waals surface area contributed by atoms with Gasteiger partial charge in [0.2, 0.25) is 0 Å². The van der Waals surface area contributed by atoms with E-state index in [1.54, 1.807) is 0 Å². The quantitative estimate of drug-likeness (QED) is 0.745. The Labute approximate surface area is 133 Å². The fourth-order valence-corrected chi connectivity index (χ4v) is 2.11. The van der Waals surface area contributed by atoms with E-state index in [1.165, 1.54) is 5.56 Å². The Morgan fingerprint density at radius 2 is 1.64 bits per heavy atom. The Hall–Kier alpha value is -2.22. The van der Waals surface area contributed by atoms with Crippen LogP contribution >= 0.6 is 0 Å². The number of pyridine rings is 2. The maximum absolute atomic E-state index is 4.56. The van der Waals surface area contributed by atoms with Crippen LogP contribution < -0.4 is 0 Å². The average Bonchev–Trinajstić information content (AvgIpc) is 2.53. The second-order valence-electron chi connectivity index (χ2n) is 6.01. The summed E-state index contributed by atoms with van der Waals surface area (Å²) in [4.78, 5) is 8.58. The molecule has 0 N–H and O–H groups in total. The largest absolute Gasteiger partial charge is 0.265 e. The normalized spacial score (nSPS) is 13.3. The van der Waals surface area contributed by atoms with Gasteiger partial charge in [0.15, 0.2) is 0 Å². The van der Waals surface area contributed by atoms with E-state index in [2.05, 4.69) is 67.2 Å². The number of allylic oxidation sites excluding steroid dienone is 2. The predicted octanol–water partition coefficient (Wildman–Crippen LogP) is 5.04. The highest BCUT2D eigenvalue weighted by Gasteiger charge is 2.01. The first-order valence-electron chi connectivity index (χ1n) is 7.85. The van der Waals surface area contributed by atoms with Crippen LogP contribution in [0.25, 0.3) is 12.2 Å². The van der Waals surface area contributed by atoms with Crippen molar-refractivity contribution in [2.24, 2.45) is 11.8 Å². The molecule has 0 radical (unpaired) electrons. The fraction of sp³-hybridized carbons (Fsp3) is 0.300. The zero-order valence-corrected chi connectivity index (χ0v) is 13.6. The van der Waals surface area contributed by atoms with Crippen LogP contribution in [0.5, 0.6) is 0 Å². The van der Waals surface area contributed by atoms with Crippen LogP contribution in [-0.2, 0) is 6.42 Å². The van der Waals surface area contributed by atoms with Crippen molar-refractivity contribution in [2.75, 3.05) is 0 Å². The third kappa shape index (κ3) is 5.65. The molecule has 0 aliphatic carbocycles. The molecule has 0 aromatic carbocycles. The number of aromatic nitrogens is 2. The van der Waals surface area contributed by atoms with E-state index in [0.29, 0.717) is 11.8 Å². The Morgan fingerprint density at radius 3 is 2.27 bits per heavy atom. The van der Waals surface area contributed by atoms with E-state index in [-0.39, 0.29) is 0 Å². The zero-order valence-electron chi connectivity index (χ0n) is 13.6. The maximum atomic E-state index is 4.56. The standard InChI is InChI=1S/C20H24N2/c1-16(2)4-6-19-8-9-20(22-15-19)14-17(3)5-7-18-10-12-21-13-11-18/h4-13,15-17H,14H2,1-3H3/b6-4-,7-5-. The Bertz CT molecular complexity index is 610. The summed E-state index contributed by atoms with van der Waals surface area (Å²) >= 11 is 0. The molecular formula is C20H24N2. The number of hydrogen-bond acceptors (Lipinski definition) is 2. The summed E-state index contributed by atoms with van der Waals surface area (Å²) in [5, 5.41) is 0. The molecule has 0 amide bonds. The van der Waals surface area contributed by atoms with Gasteiger partial charge >= 0.3 is 0 Å². The molecule has 1 atom stereocenters. The van der Waals surface area contributed by atoms with Gasteiger partial charge in [-0.1, -0.05) is 51.1 Å². The first-order chi connectivity index (χ1) is 10.6. The average molecular weight is 292 g/mol. The Balaban J connectivity index is 1.91. The van der Waals surface area contributed by atoms with Gasteiger partial charge in [0.05, 0.1) is 0 Å². The van der Waals surface area contributed by atoms with Gasteiger partial charge in [-0.15, -0.1) is 0 Å². The highest BCUT2D eigenvalue weighted by Crippen LogP contribution is 2.12. The molecule has 22 heavy (non-hydrogen) atoms. The van der Waals surface area contributed by atoms with Crippen molar-refractivity contribution in [2.45, 2.75) is 27.2 Å². The summed E-state index contributed by atoms with van der Waals surface area (Å²) in [6, 6.07) is 8.28. The van der Waals surface area contributed by atoms with Crippen LogP contribution in [-0.4, -0.2) is 9.97 Å². The summed E-state index contributed by atoms with van der Waals surface area (Å²) in [6.45, 7) is 6.57. The molecule has 0 bridgehead atoms. The number of nitrogens with zero attached hydrogens (tertiary/aromatic N) is 2. The van der Waals surface area contributed by atoms with Gasteiger partial charge in [-0.3, -0.25) is 9.97 Å². The lowest BCUT2D eigenvalue weighted by atomic mass is 10.0. The summed E-state index contributed by atoms with van der Waals surface area (Å²) in [5.41, 5.74) is 3.48.